The molecule has 1 saturated carbocycles. The fourth-order valence-electron chi connectivity index (χ4n) is 3.25. The third-order valence-corrected chi connectivity index (χ3v) is 4.89. The Labute approximate surface area is 130 Å². The smallest absolute Gasteiger partial charge is 0.122 e. The minimum Gasteiger partial charge on any atom is -0.490 e. The number of hydrogen-bond donors (Lipinski definition) is 1. The summed E-state index contributed by atoms with van der Waals surface area (Å²) in [6.45, 7) is 6.58. The zero-order valence-corrected chi connectivity index (χ0v) is 13.9. The molecular formula is C19H31NO. The third-order valence-electron chi connectivity index (χ3n) is 4.89. The van der Waals surface area contributed by atoms with Gasteiger partial charge in [-0.05, 0) is 63.0 Å². The molecule has 2 nitrogen and oxygen atoms in total. The molecule has 1 unspecified atom stereocenters. The van der Waals surface area contributed by atoms with Crippen LogP contribution in [0.2, 0.25) is 0 Å². The van der Waals surface area contributed by atoms with Crippen LogP contribution < -0.4 is 10.5 Å². The molecule has 0 spiro atoms. The number of rotatable bonds is 6. The second-order valence-electron chi connectivity index (χ2n) is 6.65. The highest BCUT2D eigenvalue weighted by atomic mass is 16.5. The van der Waals surface area contributed by atoms with E-state index in [1.807, 2.05) is 0 Å². The Morgan fingerprint density at radius 2 is 1.90 bits per heavy atom. The fraction of sp³-hybridized carbons (Fsp3) is 0.684. The maximum atomic E-state index is 6.32. The number of ether oxygens (including phenoxy) is 1. The Morgan fingerprint density at radius 3 is 2.52 bits per heavy atom. The molecule has 1 atom stereocenters. The maximum Gasteiger partial charge on any atom is 0.122 e. The van der Waals surface area contributed by atoms with Crippen molar-refractivity contribution in [1.29, 1.82) is 0 Å². The van der Waals surface area contributed by atoms with E-state index in [-0.39, 0.29) is 6.04 Å². The van der Waals surface area contributed by atoms with E-state index >= 15 is 0 Å². The van der Waals surface area contributed by atoms with Gasteiger partial charge in [0.15, 0.2) is 0 Å². The lowest BCUT2D eigenvalue weighted by atomic mass is 9.86. The van der Waals surface area contributed by atoms with Crippen molar-refractivity contribution in [3.05, 3.63) is 29.3 Å². The van der Waals surface area contributed by atoms with Crippen LogP contribution in [0.1, 0.15) is 63.5 Å². The molecule has 0 aliphatic heterocycles. The number of nitrogens with two attached hydrogens (primary N) is 1. The Balaban J connectivity index is 2.02. The summed E-state index contributed by atoms with van der Waals surface area (Å²) in [5.74, 6) is 1.97. The van der Waals surface area contributed by atoms with Gasteiger partial charge in [0.05, 0.1) is 6.10 Å². The molecule has 0 saturated heterocycles. The number of hydrogen-bond acceptors (Lipinski definition) is 2. The Hall–Kier alpha value is -1.02. The molecule has 1 aromatic rings. The van der Waals surface area contributed by atoms with E-state index in [2.05, 4.69) is 39.0 Å². The van der Waals surface area contributed by atoms with Gasteiger partial charge in [-0.1, -0.05) is 38.0 Å². The molecule has 1 fully saturated rings. The first-order valence-corrected chi connectivity index (χ1v) is 8.64. The topological polar surface area (TPSA) is 35.2 Å². The average Bonchev–Trinajstić information content (AvgIpc) is 2.50. The molecule has 0 radical (unpaired) electrons. The van der Waals surface area contributed by atoms with E-state index < -0.39 is 0 Å². The molecule has 0 amide bonds. The zero-order valence-electron chi connectivity index (χ0n) is 13.9. The van der Waals surface area contributed by atoms with Crippen LogP contribution in [0.25, 0.3) is 0 Å². The zero-order chi connectivity index (χ0) is 15.2. The van der Waals surface area contributed by atoms with Crippen molar-refractivity contribution in [3.63, 3.8) is 0 Å². The van der Waals surface area contributed by atoms with Crippen molar-refractivity contribution in [2.75, 3.05) is 0 Å². The van der Waals surface area contributed by atoms with Crippen molar-refractivity contribution in [2.24, 2.45) is 11.7 Å². The van der Waals surface area contributed by atoms with Crippen molar-refractivity contribution < 1.29 is 4.74 Å². The van der Waals surface area contributed by atoms with Gasteiger partial charge in [-0.3, -0.25) is 0 Å². The van der Waals surface area contributed by atoms with Gasteiger partial charge in [0.2, 0.25) is 0 Å². The molecule has 2 N–H and O–H groups in total. The SMILES string of the molecule is CCC(N)Cc1cc(C)ccc1OC1CCC(CC)CC1. The molecule has 1 aromatic carbocycles. The molecule has 0 heterocycles. The largest absolute Gasteiger partial charge is 0.490 e. The molecule has 118 valence electrons. The summed E-state index contributed by atoms with van der Waals surface area (Å²) < 4.78 is 6.32. The van der Waals surface area contributed by atoms with E-state index in [0.29, 0.717) is 6.10 Å². The summed E-state index contributed by atoms with van der Waals surface area (Å²) in [6.07, 6.45) is 8.66. The first kappa shape index (κ1) is 16.4. The fourth-order valence-corrected chi connectivity index (χ4v) is 3.25. The van der Waals surface area contributed by atoms with Gasteiger partial charge < -0.3 is 10.5 Å². The molecular weight excluding hydrogens is 258 g/mol. The Bertz CT molecular complexity index is 435. The van der Waals surface area contributed by atoms with Crippen LogP contribution in [0.3, 0.4) is 0 Å². The second-order valence-corrected chi connectivity index (χ2v) is 6.65. The van der Waals surface area contributed by atoms with Gasteiger partial charge in [-0.2, -0.15) is 0 Å². The summed E-state index contributed by atoms with van der Waals surface area (Å²) in [7, 11) is 0. The lowest BCUT2D eigenvalue weighted by Gasteiger charge is -2.29. The first-order chi connectivity index (χ1) is 10.1. The van der Waals surface area contributed by atoms with Crippen molar-refractivity contribution in [2.45, 2.75) is 77.9 Å². The second kappa shape index (κ2) is 7.84. The van der Waals surface area contributed by atoms with Crippen LogP contribution in [-0.4, -0.2) is 12.1 Å². The van der Waals surface area contributed by atoms with Crippen LogP contribution >= 0.6 is 0 Å². The highest BCUT2D eigenvalue weighted by molar-refractivity contribution is 5.37. The van der Waals surface area contributed by atoms with Gasteiger partial charge >= 0.3 is 0 Å². The first-order valence-electron chi connectivity index (χ1n) is 8.64. The van der Waals surface area contributed by atoms with E-state index in [4.69, 9.17) is 10.5 Å². The van der Waals surface area contributed by atoms with E-state index in [0.717, 1.165) is 24.5 Å². The quantitative estimate of drug-likeness (QED) is 0.829. The minimum absolute atomic E-state index is 0.227. The molecule has 1 aliphatic rings. The molecule has 2 rings (SSSR count). The van der Waals surface area contributed by atoms with Crippen LogP contribution in [0.4, 0.5) is 0 Å². The van der Waals surface area contributed by atoms with Crippen LogP contribution in [0.15, 0.2) is 18.2 Å². The molecule has 0 aromatic heterocycles. The van der Waals surface area contributed by atoms with E-state index in [9.17, 15) is 0 Å². The minimum atomic E-state index is 0.227. The van der Waals surface area contributed by atoms with Gasteiger partial charge in [0, 0.05) is 6.04 Å². The lowest BCUT2D eigenvalue weighted by molar-refractivity contribution is 0.128. The van der Waals surface area contributed by atoms with Gasteiger partial charge in [0.25, 0.3) is 0 Å². The van der Waals surface area contributed by atoms with Gasteiger partial charge in [-0.15, -0.1) is 0 Å². The predicted molar refractivity (Wildman–Crippen MR) is 89.8 cm³/mol. The van der Waals surface area contributed by atoms with E-state index in [1.54, 1.807) is 0 Å². The third kappa shape index (κ3) is 4.74. The maximum absolute atomic E-state index is 6.32. The monoisotopic (exact) mass is 289 g/mol. The van der Waals surface area contributed by atoms with Crippen LogP contribution in [0, 0.1) is 12.8 Å². The summed E-state index contributed by atoms with van der Waals surface area (Å²) in [4.78, 5) is 0. The average molecular weight is 289 g/mol. The summed E-state index contributed by atoms with van der Waals surface area (Å²) in [6, 6.07) is 6.75. The molecule has 1 aliphatic carbocycles. The molecule has 0 bridgehead atoms. The molecule has 2 heteroatoms. The normalized spacial score (nSPS) is 23.8. The standard InChI is InChI=1S/C19H31NO/c1-4-15-7-9-18(10-8-15)21-19-11-6-14(3)12-16(19)13-17(20)5-2/h6,11-12,15,17-18H,4-5,7-10,13,20H2,1-3H3. The van der Waals surface area contributed by atoms with Crippen molar-refractivity contribution in [3.8, 4) is 5.75 Å². The van der Waals surface area contributed by atoms with Crippen molar-refractivity contribution in [1.82, 2.24) is 0 Å². The van der Waals surface area contributed by atoms with Gasteiger partial charge in [-0.25, -0.2) is 0 Å². The number of benzene rings is 1. The van der Waals surface area contributed by atoms with Crippen molar-refractivity contribution >= 4 is 0 Å². The lowest BCUT2D eigenvalue weighted by Crippen LogP contribution is -2.25. The summed E-state index contributed by atoms with van der Waals surface area (Å²) in [5, 5.41) is 0. The van der Waals surface area contributed by atoms with Gasteiger partial charge in [0.1, 0.15) is 5.75 Å². The summed E-state index contributed by atoms with van der Waals surface area (Å²) >= 11 is 0. The van der Waals surface area contributed by atoms with Crippen LogP contribution in [0.5, 0.6) is 5.75 Å². The number of aryl methyl sites for hydroxylation is 1. The Kier molecular flexibility index (Phi) is 6.10. The predicted octanol–water partition coefficient (Wildman–Crippen LogP) is 4.62. The highest BCUT2D eigenvalue weighted by Gasteiger charge is 2.22. The van der Waals surface area contributed by atoms with E-state index in [1.165, 1.54) is 43.2 Å². The molecule has 21 heavy (non-hydrogen) atoms. The van der Waals surface area contributed by atoms with Crippen LogP contribution in [-0.2, 0) is 6.42 Å². The summed E-state index contributed by atoms with van der Waals surface area (Å²) in [5.41, 5.74) is 8.70. The highest BCUT2D eigenvalue weighted by Crippen LogP contribution is 2.31. The Morgan fingerprint density at radius 1 is 1.19 bits per heavy atom.